The largest absolute Gasteiger partial charge is 0.299 e. The maximum Gasteiger partial charge on any atom is 0.136 e. The highest BCUT2D eigenvalue weighted by Crippen LogP contribution is 2.62. The van der Waals surface area contributed by atoms with E-state index in [-0.39, 0.29) is 5.41 Å². The van der Waals surface area contributed by atoms with E-state index in [1.807, 2.05) is 6.92 Å². The van der Waals surface area contributed by atoms with Crippen molar-refractivity contribution in [2.75, 3.05) is 11.5 Å². The Bertz CT molecular complexity index is 616. The molecule has 0 N–H and O–H groups in total. The minimum absolute atomic E-state index is 0.146. The SMILES string of the molecule is C=C1C[C@](CC)(C(C)=O)C(C)C2CCC3=CC4(CCC3C12)SCCS4. The molecule has 138 valence electrons. The highest BCUT2D eigenvalue weighted by atomic mass is 32.2. The van der Waals surface area contributed by atoms with Gasteiger partial charge in [0.1, 0.15) is 5.78 Å². The second-order valence-corrected chi connectivity index (χ2v) is 11.9. The molecule has 0 aromatic carbocycles. The van der Waals surface area contributed by atoms with Crippen LogP contribution in [0.2, 0.25) is 0 Å². The van der Waals surface area contributed by atoms with Crippen LogP contribution < -0.4 is 0 Å². The third-order valence-corrected chi connectivity index (χ3v) is 11.4. The number of thioether (sulfide) groups is 2. The molecule has 1 heterocycles. The summed E-state index contributed by atoms with van der Waals surface area (Å²) < 4.78 is 0.396. The van der Waals surface area contributed by atoms with Gasteiger partial charge in [0.15, 0.2) is 0 Å². The predicted octanol–water partition coefficient (Wildman–Crippen LogP) is 6.11. The molecule has 4 rings (SSSR count). The fourth-order valence-electron chi connectivity index (χ4n) is 6.56. The zero-order chi connectivity index (χ0) is 17.8. The first kappa shape index (κ1) is 18.2. The summed E-state index contributed by atoms with van der Waals surface area (Å²) >= 11 is 4.36. The number of carbonyl (C=O) groups is 1. The van der Waals surface area contributed by atoms with Gasteiger partial charge in [-0.1, -0.05) is 37.6 Å². The second-order valence-electron chi connectivity index (χ2n) is 8.79. The van der Waals surface area contributed by atoms with Crippen molar-refractivity contribution in [2.24, 2.45) is 29.1 Å². The normalized spacial score (nSPS) is 42.7. The van der Waals surface area contributed by atoms with Gasteiger partial charge in [0.25, 0.3) is 0 Å². The lowest BCUT2D eigenvalue weighted by Crippen LogP contribution is -2.50. The number of rotatable bonds is 2. The van der Waals surface area contributed by atoms with E-state index in [1.165, 1.54) is 42.8 Å². The molecule has 1 aliphatic heterocycles. The first-order valence-corrected chi connectivity index (χ1v) is 12.1. The van der Waals surface area contributed by atoms with E-state index in [2.05, 4.69) is 50.0 Å². The second kappa shape index (κ2) is 6.48. The van der Waals surface area contributed by atoms with Crippen LogP contribution in [0.25, 0.3) is 0 Å². The minimum Gasteiger partial charge on any atom is -0.299 e. The first-order valence-electron chi connectivity index (χ1n) is 10.1. The number of hydrogen-bond donors (Lipinski definition) is 0. The number of allylic oxidation sites excluding steroid dienone is 2. The van der Waals surface area contributed by atoms with Gasteiger partial charge >= 0.3 is 0 Å². The van der Waals surface area contributed by atoms with Crippen molar-refractivity contribution < 1.29 is 4.79 Å². The lowest BCUT2D eigenvalue weighted by atomic mass is 9.49. The Morgan fingerprint density at radius 3 is 2.68 bits per heavy atom. The van der Waals surface area contributed by atoms with E-state index in [4.69, 9.17) is 0 Å². The van der Waals surface area contributed by atoms with Crippen molar-refractivity contribution in [3.8, 4) is 0 Å². The Hall–Kier alpha value is -0.150. The molecule has 1 spiro atoms. The average Bonchev–Trinajstić information content (AvgIpc) is 3.04. The van der Waals surface area contributed by atoms with E-state index < -0.39 is 0 Å². The van der Waals surface area contributed by atoms with Crippen LogP contribution in [0.1, 0.15) is 59.3 Å². The quantitative estimate of drug-likeness (QED) is 0.541. The Balaban J connectivity index is 1.65. The molecular weight excluding hydrogens is 344 g/mol. The lowest BCUT2D eigenvalue weighted by molar-refractivity contribution is -0.134. The van der Waals surface area contributed by atoms with Crippen molar-refractivity contribution >= 4 is 29.3 Å². The van der Waals surface area contributed by atoms with E-state index in [0.29, 0.717) is 33.5 Å². The van der Waals surface area contributed by atoms with Gasteiger partial charge in [-0.05, 0) is 69.1 Å². The summed E-state index contributed by atoms with van der Waals surface area (Å²) in [5.41, 5.74) is 2.97. The molecule has 3 fully saturated rings. The van der Waals surface area contributed by atoms with Gasteiger partial charge in [-0.3, -0.25) is 4.79 Å². The van der Waals surface area contributed by atoms with E-state index in [1.54, 1.807) is 5.57 Å². The smallest absolute Gasteiger partial charge is 0.136 e. The third-order valence-electron chi connectivity index (χ3n) is 7.98. The van der Waals surface area contributed by atoms with Crippen molar-refractivity contribution in [1.82, 2.24) is 0 Å². The summed E-state index contributed by atoms with van der Waals surface area (Å²) in [6.45, 7) is 10.9. The molecular formula is C22H32OS2. The number of hydrogen-bond acceptors (Lipinski definition) is 3. The summed E-state index contributed by atoms with van der Waals surface area (Å²) in [5.74, 6) is 5.51. The average molecular weight is 377 g/mol. The molecule has 25 heavy (non-hydrogen) atoms. The predicted molar refractivity (Wildman–Crippen MR) is 111 cm³/mol. The van der Waals surface area contributed by atoms with Gasteiger partial charge in [-0.2, -0.15) is 0 Å². The van der Waals surface area contributed by atoms with Crippen LogP contribution >= 0.6 is 23.5 Å². The molecule has 0 aromatic heterocycles. The summed E-state index contributed by atoms with van der Waals surface area (Å²) in [4.78, 5) is 12.6. The number of carbonyl (C=O) groups excluding carboxylic acids is 1. The van der Waals surface area contributed by atoms with Crippen molar-refractivity contribution in [3.63, 3.8) is 0 Å². The Morgan fingerprint density at radius 1 is 1.32 bits per heavy atom. The Morgan fingerprint density at radius 2 is 2.04 bits per heavy atom. The Labute approximate surface area is 161 Å². The maximum absolute atomic E-state index is 12.6. The highest BCUT2D eigenvalue weighted by molar-refractivity contribution is 8.21. The molecule has 4 unspecified atom stereocenters. The fourth-order valence-corrected chi connectivity index (χ4v) is 9.75. The van der Waals surface area contributed by atoms with Crippen LogP contribution in [0.5, 0.6) is 0 Å². The molecule has 0 amide bonds. The third kappa shape index (κ3) is 2.71. The van der Waals surface area contributed by atoms with Crippen molar-refractivity contribution in [1.29, 1.82) is 0 Å². The van der Waals surface area contributed by atoms with E-state index in [0.717, 1.165) is 12.8 Å². The van der Waals surface area contributed by atoms with Gasteiger partial charge < -0.3 is 0 Å². The zero-order valence-corrected chi connectivity index (χ0v) is 17.6. The van der Waals surface area contributed by atoms with Crippen LogP contribution in [0.15, 0.2) is 23.8 Å². The van der Waals surface area contributed by atoms with Crippen LogP contribution in [-0.2, 0) is 4.79 Å². The summed E-state index contributed by atoms with van der Waals surface area (Å²) in [7, 11) is 0. The minimum atomic E-state index is -0.146. The highest BCUT2D eigenvalue weighted by Gasteiger charge is 2.54. The molecule has 0 radical (unpaired) electrons. The standard InChI is InChI=1S/C22H32OS2/c1-5-21(16(4)23)12-14(2)20-18(15(21)3)7-6-17-13-22(9-8-19(17)20)24-10-11-25-22/h13,15,18-20H,2,5-12H2,1,3-4H3/t15?,18?,19?,20?,21-/m0/s1. The molecule has 2 saturated carbocycles. The van der Waals surface area contributed by atoms with Crippen molar-refractivity contribution in [3.05, 3.63) is 23.8 Å². The van der Waals surface area contributed by atoms with Gasteiger partial charge in [0.05, 0.1) is 4.08 Å². The molecule has 3 aliphatic carbocycles. The Kier molecular flexibility index (Phi) is 4.72. The zero-order valence-electron chi connectivity index (χ0n) is 16.0. The fraction of sp³-hybridized carbons (Fsp3) is 0.773. The number of Topliss-reactive ketones (excluding diaryl/α,β-unsaturated/α-hetero) is 1. The van der Waals surface area contributed by atoms with Crippen LogP contribution in [0, 0.1) is 29.1 Å². The maximum atomic E-state index is 12.6. The number of ketones is 1. The van der Waals surface area contributed by atoms with E-state index in [9.17, 15) is 4.79 Å². The molecule has 0 aromatic rings. The van der Waals surface area contributed by atoms with Crippen LogP contribution in [0.4, 0.5) is 0 Å². The molecule has 1 saturated heterocycles. The van der Waals surface area contributed by atoms with Gasteiger partial charge in [0.2, 0.25) is 0 Å². The topological polar surface area (TPSA) is 17.1 Å². The van der Waals surface area contributed by atoms with Crippen molar-refractivity contribution in [2.45, 2.75) is 63.4 Å². The van der Waals surface area contributed by atoms with E-state index >= 15 is 0 Å². The summed E-state index contributed by atoms with van der Waals surface area (Å²) in [6, 6.07) is 0. The number of fused-ring (bicyclic) bond motifs is 3. The summed E-state index contributed by atoms with van der Waals surface area (Å²) in [6.07, 6.45) is 9.74. The first-order chi connectivity index (χ1) is 11.9. The van der Waals surface area contributed by atoms with Gasteiger partial charge in [-0.25, -0.2) is 0 Å². The van der Waals surface area contributed by atoms with Gasteiger partial charge in [0, 0.05) is 16.9 Å². The summed E-state index contributed by atoms with van der Waals surface area (Å²) in [5, 5.41) is 0. The lowest BCUT2D eigenvalue weighted by Gasteiger charge is -2.55. The van der Waals surface area contributed by atoms with Gasteiger partial charge in [-0.15, -0.1) is 23.5 Å². The van der Waals surface area contributed by atoms with Crippen LogP contribution in [0.3, 0.4) is 0 Å². The molecule has 4 aliphatic rings. The molecule has 3 heteroatoms. The molecule has 0 bridgehead atoms. The van der Waals surface area contributed by atoms with Crippen LogP contribution in [-0.4, -0.2) is 21.4 Å². The molecule has 5 atom stereocenters. The monoisotopic (exact) mass is 376 g/mol. The molecule has 1 nitrogen and oxygen atoms in total.